The smallest absolute Gasteiger partial charge is 0.277 e. The van der Waals surface area contributed by atoms with Crippen molar-refractivity contribution in [2.45, 2.75) is 32.7 Å². The molecular weight excluding hydrogens is 402 g/mol. The van der Waals surface area contributed by atoms with Gasteiger partial charge in [0.1, 0.15) is 0 Å². The largest absolute Gasteiger partial charge is 0.315 e. The predicted octanol–water partition coefficient (Wildman–Crippen LogP) is 4.28. The van der Waals surface area contributed by atoms with Gasteiger partial charge in [0.15, 0.2) is 10.8 Å². The second-order valence-corrected chi connectivity index (χ2v) is 8.96. The lowest BCUT2D eigenvalue weighted by Gasteiger charge is -2.22. The quantitative estimate of drug-likeness (QED) is 0.656. The molecule has 1 atom stereocenters. The maximum absolute atomic E-state index is 12.5. The molecule has 6 nitrogen and oxygen atoms in total. The first-order valence-electron chi connectivity index (χ1n) is 8.71. The van der Waals surface area contributed by atoms with Gasteiger partial charge in [-0.3, -0.25) is 14.8 Å². The molecule has 0 spiro atoms. The fourth-order valence-electron chi connectivity index (χ4n) is 3.12. The minimum atomic E-state index is -0.213. The molecule has 1 aliphatic heterocycles. The molecule has 27 heavy (non-hydrogen) atoms. The van der Waals surface area contributed by atoms with E-state index in [1.807, 2.05) is 17.8 Å². The second kappa shape index (κ2) is 8.52. The van der Waals surface area contributed by atoms with Gasteiger partial charge >= 0.3 is 0 Å². The molecule has 9 heteroatoms. The van der Waals surface area contributed by atoms with Crippen molar-refractivity contribution in [3.05, 3.63) is 39.8 Å². The Hall–Kier alpha value is -1.74. The fourth-order valence-corrected chi connectivity index (χ4v) is 4.93. The van der Waals surface area contributed by atoms with Gasteiger partial charge in [-0.15, -0.1) is 35.1 Å². The average Bonchev–Trinajstić information content (AvgIpc) is 3.36. The fraction of sp³-hybridized carbons (Fsp3) is 0.389. The van der Waals surface area contributed by atoms with E-state index in [0.29, 0.717) is 16.9 Å². The van der Waals surface area contributed by atoms with Crippen molar-refractivity contribution in [2.75, 3.05) is 18.4 Å². The summed E-state index contributed by atoms with van der Waals surface area (Å²) in [6.45, 7) is 6.07. The average molecular weight is 424 g/mol. The van der Waals surface area contributed by atoms with E-state index in [9.17, 15) is 4.79 Å². The number of rotatable bonds is 4. The highest BCUT2D eigenvalue weighted by atomic mass is 35.5. The number of nitrogens with zero attached hydrogens (tertiary/aromatic N) is 3. The van der Waals surface area contributed by atoms with Gasteiger partial charge in [0.05, 0.1) is 16.6 Å². The standard InChI is InChI=1S/C18H21N5OS2.ClH/c1-11-5-6-15(25-11)16-12(2)26-18(20-16)21-17(24)14-7-9-23(22-14)13-4-3-8-19-10-13;/h5-7,9,13,19H,3-4,8,10H2,1-2H3,(H,20,21,24);1H. The van der Waals surface area contributed by atoms with Crippen molar-refractivity contribution in [2.24, 2.45) is 0 Å². The normalized spacial score (nSPS) is 16.7. The molecule has 4 rings (SSSR count). The zero-order valence-electron chi connectivity index (χ0n) is 15.2. The number of thiazole rings is 1. The third-order valence-corrected chi connectivity index (χ3v) is 6.37. The summed E-state index contributed by atoms with van der Waals surface area (Å²) in [4.78, 5) is 20.6. The third kappa shape index (κ3) is 4.40. The number of aryl methyl sites for hydroxylation is 2. The lowest BCUT2D eigenvalue weighted by molar-refractivity contribution is 0.102. The van der Waals surface area contributed by atoms with Crippen LogP contribution in [-0.2, 0) is 0 Å². The number of amides is 1. The Labute approximate surface area is 172 Å². The van der Waals surface area contributed by atoms with Crippen LogP contribution in [0.25, 0.3) is 10.6 Å². The number of halogens is 1. The first-order valence-corrected chi connectivity index (χ1v) is 10.3. The van der Waals surface area contributed by atoms with Crippen molar-refractivity contribution in [1.29, 1.82) is 0 Å². The summed E-state index contributed by atoms with van der Waals surface area (Å²) in [6.07, 6.45) is 4.11. The first-order chi connectivity index (χ1) is 12.6. The first kappa shape index (κ1) is 20.0. The summed E-state index contributed by atoms with van der Waals surface area (Å²) in [6, 6.07) is 6.26. The number of piperidine rings is 1. The Balaban J connectivity index is 0.00000210. The molecule has 2 N–H and O–H groups in total. The Morgan fingerprint density at radius 1 is 1.30 bits per heavy atom. The Morgan fingerprint density at radius 3 is 2.85 bits per heavy atom. The van der Waals surface area contributed by atoms with Crippen LogP contribution in [0.15, 0.2) is 24.4 Å². The zero-order valence-corrected chi connectivity index (χ0v) is 17.6. The molecule has 0 radical (unpaired) electrons. The van der Waals surface area contributed by atoms with Gasteiger partial charge in [-0.1, -0.05) is 0 Å². The number of hydrogen-bond acceptors (Lipinski definition) is 6. The third-order valence-electron chi connectivity index (χ3n) is 4.48. The van der Waals surface area contributed by atoms with Crippen LogP contribution < -0.4 is 10.6 Å². The number of carbonyl (C=O) groups excluding carboxylic acids is 1. The topological polar surface area (TPSA) is 71.8 Å². The molecule has 1 unspecified atom stereocenters. The summed E-state index contributed by atoms with van der Waals surface area (Å²) in [5.41, 5.74) is 1.37. The highest BCUT2D eigenvalue weighted by molar-refractivity contribution is 7.18. The van der Waals surface area contributed by atoms with Crippen LogP contribution in [-0.4, -0.2) is 33.8 Å². The Kier molecular flexibility index (Phi) is 6.31. The Bertz CT molecular complexity index is 926. The van der Waals surface area contributed by atoms with E-state index in [0.717, 1.165) is 41.4 Å². The van der Waals surface area contributed by atoms with E-state index >= 15 is 0 Å². The minimum absolute atomic E-state index is 0. The number of anilines is 1. The van der Waals surface area contributed by atoms with E-state index in [1.54, 1.807) is 17.4 Å². The van der Waals surface area contributed by atoms with Gasteiger partial charge in [-0.25, -0.2) is 4.98 Å². The molecular formula is C18H22ClN5OS2. The molecule has 1 aliphatic rings. The molecule has 0 aromatic carbocycles. The van der Waals surface area contributed by atoms with Crippen LogP contribution >= 0.6 is 35.1 Å². The van der Waals surface area contributed by atoms with Crippen molar-refractivity contribution in [1.82, 2.24) is 20.1 Å². The van der Waals surface area contributed by atoms with Crippen molar-refractivity contribution < 1.29 is 4.79 Å². The minimum Gasteiger partial charge on any atom is -0.315 e. The highest BCUT2D eigenvalue weighted by Gasteiger charge is 2.19. The highest BCUT2D eigenvalue weighted by Crippen LogP contribution is 2.34. The van der Waals surface area contributed by atoms with Gasteiger partial charge in [-0.2, -0.15) is 5.10 Å². The van der Waals surface area contributed by atoms with Gasteiger partial charge in [0.2, 0.25) is 0 Å². The molecule has 1 amide bonds. The van der Waals surface area contributed by atoms with Crippen molar-refractivity contribution in [3.63, 3.8) is 0 Å². The lowest BCUT2D eigenvalue weighted by atomic mass is 10.1. The molecule has 1 fully saturated rings. The van der Waals surface area contributed by atoms with Crippen molar-refractivity contribution in [3.8, 4) is 10.6 Å². The number of hydrogen-bond donors (Lipinski definition) is 2. The van der Waals surface area contributed by atoms with Crippen LogP contribution in [0.5, 0.6) is 0 Å². The Morgan fingerprint density at radius 2 is 2.15 bits per heavy atom. The molecule has 1 saturated heterocycles. The molecule has 0 saturated carbocycles. The molecule has 0 aliphatic carbocycles. The second-order valence-electron chi connectivity index (χ2n) is 6.47. The molecule has 0 bridgehead atoms. The summed E-state index contributed by atoms with van der Waals surface area (Å²) in [7, 11) is 0. The molecule has 3 aromatic rings. The summed E-state index contributed by atoms with van der Waals surface area (Å²) in [5.74, 6) is -0.213. The van der Waals surface area contributed by atoms with Gasteiger partial charge in [0.25, 0.3) is 5.91 Å². The number of nitrogens with one attached hydrogen (secondary N) is 2. The van der Waals surface area contributed by atoms with Crippen LogP contribution in [0.1, 0.15) is 39.1 Å². The number of thiophene rings is 1. The molecule has 4 heterocycles. The van der Waals surface area contributed by atoms with Crippen LogP contribution in [0.2, 0.25) is 0 Å². The number of carbonyl (C=O) groups is 1. The van der Waals surface area contributed by atoms with Gasteiger partial charge < -0.3 is 5.32 Å². The summed E-state index contributed by atoms with van der Waals surface area (Å²) >= 11 is 3.21. The predicted molar refractivity (Wildman–Crippen MR) is 113 cm³/mol. The summed E-state index contributed by atoms with van der Waals surface area (Å²) < 4.78 is 1.90. The van der Waals surface area contributed by atoms with Crippen LogP contribution in [0.4, 0.5) is 5.13 Å². The number of aromatic nitrogens is 3. The molecule has 144 valence electrons. The molecule has 3 aromatic heterocycles. The maximum atomic E-state index is 12.5. The SMILES string of the molecule is Cc1ccc(-c2nc(NC(=O)c3ccn(C4CCCNC4)n3)sc2C)s1.Cl. The lowest BCUT2D eigenvalue weighted by Crippen LogP contribution is -2.32. The van der Waals surface area contributed by atoms with Crippen LogP contribution in [0, 0.1) is 13.8 Å². The maximum Gasteiger partial charge on any atom is 0.277 e. The van der Waals surface area contributed by atoms with E-state index < -0.39 is 0 Å². The van der Waals surface area contributed by atoms with E-state index in [4.69, 9.17) is 0 Å². The van der Waals surface area contributed by atoms with Gasteiger partial charge in [0, 0.05) is 22.5 Å². The van der Waals surface area contributed by atoms with E-state index in [1.165, 1.54) is 16.2 Å². The van der Waals surface area contributed by atoms with E-state index in [2.05, 4.69) is 39.8 Å². The van der Waals surface area contributed by atoms with Gasteiger partial charge in [-0.05, 0) is 51.4 Å². The van der Waals surface area contributed by atoms with Crippen LogP contribution in [0.3, 0.4) is 0 Å². The monoisotopic (exact) mass is 423 g/mol. The van der Waals surface area contributed by atoms with Crippen molar-refractivity contribution >= 4 is 46.1 Å². The zero-order chi connectivity index (χ0) is 18.1. The van der Waals surface area contributed by atoms with E-state index in [-0.39, 0.29) is 18.3 Å². The summed E-state index contributed by atoms with van der Waals surface area (Å²) in [5, 5.41) is 11.3.